The fourth-order valence-electron chi connectivity index (χ4n) is 2.12. The predicted octanol–water partition coefficient (Wildman–Crippen LogP) is 3.32. The van der Waals surface area contributed by atoms with Gasteiger partial charge in [0.15, 0.2) is 0 Å². The molecule has 1 aromatic carbocycles. The molecule has 1 unspecified atom stereocenters. The molecule has 1 aromatic rings. The molecular weight excluding hydrogens is 287 g/mol. The number of nitrogens with one attached hydrogen (secondary N) is 1. The van der Waals surface area contributed by atoms with Gasteiger partial charge in [0, 0.05) is 24.6 Å². The highest BCUT2D eigenvalue weighted by Crippen LogP contribution is 2.40. The van der Waals surface area contributed by atoms with Gasteiger partial charge in [-0.3, -0.25) is 0 Å². The highest BCUT2D eigenvalue weighted by molar-refractivity contribution is 5.52. The Kier molecular flexibility index (Phi) is 6.14. The molecule has 0 fully saturated rings. The molecule has 0 bridgehead atoms. The summed E-state index contributed by atoms with van der Waals surface area (Å²) in [6.07, 6.45) is -5.21. The van der Waals surface area contributed by atoms with Crippen molar-refractivity contribution >= 4 is 0 Å². The van der Waals surface area contributed by atoms with Crippen LogP contribution in [0.4, 0.5) is 13.2 Å². The van der Waals surface area contributed by atoms with E-state index in [0.29, 0.717) is 22.8 Å². The lowest BCUT2D eigenvalue weighted by atomic mass is 9.99. The summed E-state index contributed by atoms with van der Waals surface area (Å²) in [6.45, 7) is 0. The molecule has 0 saturated heterocycles. The van der Waals surface area contributed by atoms with Crippen LogP contribution in [-0.4, -0.2) is 34.6 Å². The third kappa shape index (κ3) is 4.70. The first-order chi connectivity index (χ1) is 9.86. The Bertz CT molecular complexity index is 438. The minimum atomic E-state index is -4.21. The fraction of sp³-hybridized carbons (Fsp3) is 0.571. The summed E-state index contributed by atoms with van der Waals surface area (Å²) >= 11 is 0. The Morgan fingerprint density at radius 2 is 1.57 bits per heavy atom. The summed E-state index contributed by atoms with van der Waals surface area (Å²) in [6, 6.07) is 2.70. The maximum Gasteiger partial charge on any atom is 0.389 e. The lowest BCUT2D eigenvalue weighted by Crippen LogP contribution is -2.21. The molecule has 4 nitrogen and oxygen atoms in total. The second kappa shape index (κ2) is 7.40. The molecule has 7 heteroatoms. The van der Waals surface area contributed by atoms with E-state index < -0.39 is 18.6 Å². The Hall–Kier alpha value is -1.63. The molecule has 0 aromatic heterocycles. The number of hydrogen-bond donors (Lipinski definition) is 1. The highest BCUT2D eigenvalue weighted by atomic mass is 19.4. The summed E-state index contributed by atoms with van der Waals surface area (Å²) in [5.41, 5.74) is 0.549. The topological polar surface area (TPSA) is 39.7 Å². The van der Waals surface area contributed by atoms with Crippen LogP contribution in [0.5, 0.6) is 17.2 Å². The fourth-order valence-corrected chi connectivity index (χ4v) is 2.12. The van der Waals surface area contributed by atoms with E-state index in [-0.39, 0.29) is 6.42 Å². The highest BCUT2D eigenvalue weighted by Gasteiger charge is 2.30. The molecule has 0 saturated carbocycles. The molecule has 1 rings (SSSR count). The summed E-state index contributed by atoms with van der Waals surface area (Å²) in [5.74, 6) is 1.36. The van der Waals surface area contributed by atoms with Gasteiger partial charge < -0.3 is 19.5 Å². The summed E-state index contributed by atoms with van der Waals surface area (Å²) in [7, 11) is 6.00. The van der Waals surface area contributed by atoms with Crippen molar-refractivity contribution in [2.45, 2.75) is 25.1 Å². The first-order valence-electron chi connectivity index (χ1n) is 6.40. The van der Waals surface area contributed by atoms with Crippen LogP contribution in [-0.2, 0) is 0 Å². The molecule has 0 amide bonds. The van der Waals surface area contributed by atoms with Gasteiger partial charge in [0.2, 0.25) is 0 Å². The standard InChI is InChI=1S/C14H20F3NO3/c1-18-10(5-6-14(15,16)17)13-11(20-3)7-9(19-2)8-12(13)21-4/h7-8,10,18H,5-6H2,1-4H3. The van der Waals surface area contributed by atoms with E-state index in [0.717, 1.165) is 0 Å². The van der Waals surface area contributed by atoms with Gasteiger partial charge in [-0.05, 0) is 13.5 Å². The maximum atomic E-state index is 12.4. The van der Waals surface area contributed by atoms with Crippen LogP contribution in [0.15, 0.2) is 12.1 Å². The zero-order chi connectivity index (χ0) is 16.0. The van der Waals surface area contributed by atoms with Crippen molar-refractivity contribution in [3.05, 3.63) is 17.7 Å². The number of halogens is 3. The number of ether oxygens (including phenoxy) is 3. The van der Waals surface area contributed by atoms with Crippen molar-refractivity contribution in [1.29, 1.82) is 0 Å². The third-order valence-corrected chi connectivity index (χ3v) is 3.17. The van der Waals surface area contributed by atoms with E-state index in [1.165, 1.54) is 21.3 Å². The Labute approximate surface area is 122 Å². The zero-order valence-corrected chi connectivity index (χ0v) is 12.5. The predicted molar refractivity (Wildman–Crippen MR) is 73.2 cm³/mol. The van der Waals surface area contributed by atoms with Gasteiger partial charge in [-0.25, -0.2) is 0 Å². The molecule has 21 heavy (non-hydrogen) atoms. The molecule has 0 aliphatic carbocycles. The molecule has 0 heterocycles. The van der Waals surface area contributed by atoms with Gasteiger partial charge in [0.25, 0.3) is 0 Å². The zero-order valence-electron chi connectivity index (χ0n) is 12.5. The van der Waals surface area contributed by atoms with Gasteiger partial charge in [-0.1, -0.05) is 0 Å². The monoisotopic (exact) mass is 307 g/mol. The SMILES string of the molecule is CNC(CCC(F)(F)F)c1c(OC)cc(OC)cc1OC. The smallest absolute Gasteiger partial charge is 0.389 e. The molecule has 0 aliphatic heterocycles. The van der Waals surface area contributed by atoms with Gasteiger partial charge in [0.05, 0.1) is 26.9 Å². The van der Waals surface area contributed by atoms with Gasteiger partial charge in [0.1, 0.15) is 17.2 Å². The van der Waals surface area contributed by atoms with Gasteiger partial charge in [-0.15, -0.1) is 0 Å². The van der Waals surface area contributed by atoms with Crippen LogP contribution < -0.4 is 19.5 Å². The molecular formula is C14H20F3NO3. The van der Waals surface area contributed by atoms with Crippen LogP contribution in [0.3, 0.4) is 0 Å². The average Bonchev–Trinajstić information content (AvgIpc) is 2.46. The second-order valence-electron chi connectivity index (χ2n) is 4.44. The van der Waals surface area contributed by atoms with Crippen molar-refractivity contribution in [1.82, 2.24) is 5.32 Å². The number of benzene rings is 1. The van der Waals surface area contributed by atoms with Crippen molar-refractivity contribution in [3.63, 3.8) is 0 Å². The quantitative estimate of drug-likeness (QED) is 0.839. The van der Waals surface area contributed by atoms with E-state index in [1.54, 1.807) is 19.2 Å². The molecule has 0 spiro atoms. The Morgan fingerprint density at radius 3 is 1.90 bits per heavy atom. The first-order valence-corrected chi connectivity index (χ1v) is 6.40. The second-order valence-corrected chi connectivity index (χ2v) is 4.44. The van der Waals surface area contributed by atoms with Crippen molar-refractivity contribution in [2.75, 3.05) is 28.4 Å². The lowest BCUT2D eigenvalue weighted by molar-refractivity contribution is -0.136. The number of alkyl halides is 3. The Morgan fingerprint density at radius 1 is 1.05 bits per heavy atom. The third-order valence-electron chi connectivity index (χ3n) is 3.17. The Balaban J connectivity index is 3.17. The summed E-state index contributed by atoms with van der Waals surface area (Å²) < 4.78 is 53.0. The number of hydrogen-bond acceptors (Lipinski definition) is 4. The van der Waals surface area contributed by atoms with Crippen molar-refractivity contribution in [2.24, 2.45) is 0 Å². The molecule has 0 aliphatic rings. The van der Waals surface area contributed by atoms with Gasteiger partial charge in [-0.2, -0.15) is 13.2 Å². The largest absolute Gasteiger partial charge is 0.496 e. The maximum absolute atomic E-state index is 12.4. The van der Waals surface area contributed by atoms with E-state index in [4.69, 9.17) is 14.2 Å². The average molecular weight is 307 g/mol. The number of rotatable bonds is 7. The summed E-state index contributed by atoms with van der Waals surface area (Å²) in [4.78, 5) is 0. The van der Waals surface area contributed by atoms with E-state index in [1.807, 2.05) is 0 Å². The van der Waals surface area contributed by atoms with E-state index in [9.17, 15) is 13.2 Å². The van der Waals surface area contributed by atoms with Crippen molar-refractivity contribution < 1.29 is 27.4 Å². The van der Waals surface area contributed by atoms with Crippen LogP contribution in [0.1, 0.15) is 24.4 Å². The molecule has 0 radical (unpaired) electrons. The molecule has 1 atom stereocenters. The summed E-state index contributed by atoms with van der Waals surface area (Å²) in [5, 5.41) is 2.88. The first kappa shape index (κ1) is 17.4. The van der Waals surface area contributed by atoms with Crippen LogP contribution in [0.2, 0.25) is 0 Å². The van der Waals surface area contributed by atoms with E-state index >= 15 is 0 Å². The lowest BCUT2D eigenvalue weighted by Gasteiger charge is -2.23. The number of methoxy groups -OCH3 is 3. The van der Waals surface area contributed by atoms with Crippen LogP contribution in [0.25, 0.3) is 0 Å². The van der Waals surface area contributed by atoms with Crippen LogP contribution in [0, 0.1) is 0 Å². The van der Waals surface area contributed by atoms with E-state index in [2.05, 4.69) is 5.32 Å². The van der Waals surface area contributed by atoms with Crippen molar-refractivity contribution in [3.8, 4) is 17.2 Å². The minimum absolute atomic E-state index is 0.112. The van der Waals surface area contributed by atoms with Crippen LogP contribution >= 0.6 is 0 Å². The molecule has 1 N–H and O–H groups in total. The minimum Gasteiger partial charge on any atom is -0.496 e. The van der Waals surface area contributed by atoms with Gasteiger partial charge >= 0.3 is 6.18 Å². The normalized spacial score (nSPS) is 12.9. The molecule has 120 valence electrons.